The number of hydrogen-bond acceptors (Lipinski definition) is 4. The number of thiophene rings is 1. The first-order valence-electron chi connectivity index (χ1n) is 7.28. The number of rotatable bonds is 5. The van der Waals surface area contributed by atoms with Crippen molar-refractivity contribution in [3.63, 3.8) is 0 Å². The van der Waals surface area contributed by atoms with Crippen molar-refractivity contribution in [3.05, 3.63) is 45.6 Å². The molecule has 0 radical (unpaired) electrons. The maximum absolute atomic E-state index is 5.41. The SMILES string of the molecule is COc1cc2c(cc1OC)CN(CCc1cccs1)CC2. The van der Waals surface area contributed by atoms with Gasteiger partial charge in [0.05, 0.1) is 14.2 Å². The summed E-state index contributed by atoms with van der Waals surface area (Å²) in [6.07, 6.45) is 2.22. The highest BCUT2D eigenvalue weighted by atomic mass is 32.1. The molecule has 1 aliphatic heterocycles. The first kappa shape index (κ1) is 14.4. The molecule has 3 nitrogen and oxygen atoms in total. The zero-order valence-electron chi connectivity index (χ0n) is 12.6. The van der Waals surface area contributed by atoms with Crippen LogP contribution >= 0.6 is 11.3 Å². The monoisotopic (exact) mass is 303 g/mol. The maximum atomic E-state index is 5.41. The van der Waals surface area contributed by atoms with Crippen LogP contribution in [0.5, 0.6) is 11.5 Å². The van der Waals surface area contributed by atoms with Gasteiger partial charge in [0.1, 0.15) is 0 Å². The molecule has 1 aliphatic rings. The van der Waals surface area contributed by atoms with Crippen molar-refractivity contribution in [1.82, 2.24) is 4.90 Å². The van der Waals surface area contributed by atoms with E-state index in [1.165, 1.54) is 16.0 Å². The molecule has 0 aliphatic carbocycles. The van der Waals surface area contributed by atoms with E-state index >= 15 is 0 Å². The van der Waals surface area contributed by atoms with Crippen LogP contribution < -0.4 is 9.47 Å². The Kier molecular flexibility index (Phi) is 4.46. The van der Waals surface area contributed by atoms with Crippen molar-refractivity contribution in [2.24, 2.45) is 0 Å². The molecule has 0 spiro atoms. The number of ether oxygens (including phenoxy) is 2. The molecule has 0 atom stereocenters. The molecule has 0 fully saturated rings. The van der Waals surface area contributed by atoms with Crippen LogP contribution in [0.3, 0.4) is 0 Å². The standard InChI is InChI=1S/C17H21NO2S/c1-19-16-10-13-5-7-18(8-6-15-4-3-9-21-15)12-14(13)11-17(16)20-2/h3-4,9-11H,5-8,12H2,1-2H3. The van der Waals surface area contributed by atoms with Crippen LogP contribution in [0.4, 0.5) is 0 Å². The van der Waals surface area contributed by atoms with Gasteiger partial charge in [0.15, 0.2) is 11.5 Å². The van der Waals surface area contributed by atoms with Crippen LogP contribution in [-0.4, -0.2) is 32.2 Å². The van der Waals surface area contributed by atoms with Gasteiger partial charge in [-0.1, -0.05) is 6.07 Å². The second-order valence-corrected chi connectivity index (χ2v) is 6.36. The first-order valence-corrected chi connectivity index (χ1v) is 8.16. The minimum atomic E-state index is 0.830. The number of benzene rings is 1. The van der Waals surface area contributed by atoms with Crippen LogP contribution in [0.15, 0.2) is 29.6 Å². The van der Waals surface area contributed by atoms with Gasteiger partial charge in [0.2, 0.25) is 0 Å². The lowest BCUT2D eigenvalue weighted by Gasteiger charge is -2.29. The predicted octanol–water partition coefficient (Wildman–Crippen LogP) is 3.37. The molecule has 0 saturated heterocycles. The molecule has 0 unspecified atom stereocenters. The fourth-order valence-electron chi connectivity index (χ4n) is 2.86. The average molecular weight is 303 g/mol. The molecule has 2 heterocycles. The topological polar surface area (TPSA) is 21.7 Å². The quantitative estimate of drug-likeness (QED) is 0.845. The van der Waals surface area contributed by atoms with E-state index in [4.69, 9.17) is 9.47 Å². The van der Waals surface area contributed by atoms with Gasteiger partial charge in [0.25, 0.3) is 0 Å². The highest BCUT2D eigenvalue weighted by molar-refractivity contribution is 7.09. The minimum Gasteiger partial charge on any atom is -0.493 e. The Hall–Kier alpha value is -1.52. The lowest BCUT2D eigenvalue weighted by molar-refractivity contribution is 0.256. The average Bonchev–Trinajstić information content (AvgIpc) is 3.04. The molecular weight excluding hydrogens is 282 g/mol. The summed E-state index contributed by atoms with van der Waals surface area (Å²) >= 11 is 1.84. The van der Waals surface area contributed by atoms with E-state index in [2.05, 4.69) is 34.5 Å². The number of methoxy groups -OCH3 is 2. The molecule has 3 rings (SSSR count). The normalized spacial score (nSPS) is 14.8. The molecule has 21 heavy (non-hydrogen) atoms. The van der Waals surface area contributed by atoms with Crippen molar-refractivity contribution < 1.29 is 9.47 Å². The van der Waals surface area contributed by atoms with E-state index in [1.807, 2.05) is 11.3 Å². The summed E-state index contributed by atoms with van der Waals surface area (Å²) in [5.41, 5.74) is 2.75. The number of hydrogen-bond donors (Lipinski definition) is 0. The molecule has 0 bridgehead atoms. The van der Waals surface area contributed by atoms with Gasteiger partial charge in [-0.3, -0.25) is 4.90 Å². The highest BCUT2D eigenvalue weighted by Gasteiger charge is 2.19. The second-order valence-electron chi connectivity index (χ2n) is 5.33. The Morgan fingerprint density at radius 3 is 2.57 bits per heavy atom. The van der Waals surface area contributed by atoms with Gasteiger partial charge in [-0.25, -0.2) is 0 Å². The molecule has 1 aromatic carbocycles. The molecular formula is C17H21NO2S. The summed E-state index contributed by atoms with van der Waals surface area (Å²) in [6.45, 7) is 3.24. The summed E-state index contributed by atoms with van der Waals surface area (Å²) in [5, 5.41) is 2.15. The third kappa shape index (κ3) is 3.22. The lowest BCUT2D eigenvalue weighted by atomic mass is 9.98. The zero-order chi connectivity index (χ0) is 14.7. The summed E-state index contributed by atoms with van der Waals surface area (Å²) in [6, 6.07) is 8.61. The van der Waals surface area contributed by atoms with Crippen molar-refractivity contribution in [2.45, 2.75) is 19.4 Å². The second kappa shape index (κ2) is 6.50. The van der Waals surface area contributed by atoms with Crippen LogP contribution in [-0.2, 0) is 19.4 Å². The van der Waals surface area contributed by atoms with Gasteiger partial charge >= 0.3 is 0 Å². The van der Waals surface area contributed by atoms with E-state index in [-0.39, 0.29) is 0 Å². The maximum Gasteiger partial charge on any atom is 0.161 e. The smallest absolute Gasteiger partial charge is 0.161 e. The largest absolute Gasteiger partial charge is 0.493 e. The van der Waals surface area contributed by atoms with Crippen LogP contribution in [0.1, 0.15) is 16.0 Å². The van der Waals surface area contributed by atoms with Crippen LogP contribution in [0.2, 0.25) is 0 Å². The van der Waals surface area contributed by atoms with E-state index in [1.54, 1.807) is 14.2 Å². The van der Waals surface area contributed by atoms with Crippen LogP contribution in [0, 0.1) is 0 Å². The summed E-state index contributed by atoms with van der Waals surface area (Å²) in [5.74, 6) is 1.67. The highest BCUT2D eigenvalue weighted by Crippen LogP contribution is 2.33. The van der Waals surface area contributed by atoms with E-state index in [0.717, 1.165) is 44.0 Å². The molecule has 4 heteroatoms. The van der Waals surface area contributed by atoms with Crippen molar-refractivity contribution >= 4 is 11.3 Å². The fraction of sp³-hybridized carbons (Fsp3) is 0.412. The summed E-state index contributed by atoms with van der Waals surface area (Å²) in [4.78, 5) is 3.99. The van der Waals surface area contributed by atoms with Gasteiger partial charge in [-0.2, -0.15) is 0 Å². The van der Waals surface area contributed by atoms with Gasteiger partial charge < -0.3 is 9.47 Å². The third-order valence-corrected chi connectivity index (χ3v) is 4.99. The molecule has 2 aromatic rings. The van der Waals surface area contributed by atoms with Crippen molar-refractivity contribution in [1.29, 1.82) is 0 Å². The Morgan fingerprint density at radius 1 is 1.14 bits per heavy atom. The Bertz CT molecular complexity index is 595. The minimum absolute atomic E-state index is 0.830. The lowest BCUT2D eigenvalue weighted by Crippen LogP contribution is -2.32. The van der Waals surface area contributed by atoms with E-state index in [0.29, 0.717) is 0 Å². The molecule has 1 aromatic heterocycles. The van der Waals surface area contributed by atoms with E-state index < -0.39 is 0 Å². The van der Waals surface area contributed by atoms with Gasteiger partial charge in [0, 0.05) is 24.5 Å². The number of nitrogens with zero attached hydrogens (tertiary/aromatic N) is 1. The Labute approximate surface area is 130 Å². The van der Waals surface area contributed by atoms with Gasteiger partial charge in [-0.05, 0) is 47.5 Å². The first-order chi connectivity index (χ1) is 10.3. The third-order valence-electron chi connectivity index (χ3n) is 4.05. The van der Waals surface area contributed by atoms with Crippen LogP contribution in [0.25, 0.3) is 0 Å². The Balaban J connectivity index is 1.69. The van der Waals surface area contributed by atoms with Gasteiger partial charge in [-0.15, -0.1) is 11.3 Å². The summed E-state index contributed by atoms with van der Waals surface area (Å²) in [7, 11) is 3.39. The number of fused-ring (bicyclic) bond motifs is 1. The fourth-order valence-corrected chi connectivity index (χ4v) is 3.55. The van der Waals surface area contributed by atoms with Crippen molar-refractivity contribution in [3.8, 4) is 11.5 Å². The molecule has 0 amide bonds. The molecule has 0 saturated carbocycles. The predicted molar refractivity (Wildman–Crippen MR) is 86.6 cm³/mol. The molecule has 0 N–H and O–H groups in total. The Morgan fingerprint density at radius 2 is 1.90 bits per heavy atom. The molecule has 112 valence electrons. The van der Waals surface area contributed by atoms with Crippen molar-refractivity contribution in [2.75, 3.05) is 27.3 Å². The summed E-state index contributed by atoms with van der Waals surface area (Å²) < 4.78 is 10.8. The zero-order valence-corrected chi connectivity index (χ0v) is 13.4. The van der Waals surface area contributed by atoms with E-state index in [9.17, 15) is 0 Å².